The first kappa shape index (κ1) is 14.7. The van der Waals surface area contributed by atoms with Crippen molar-refractivity contribution in [2.45, 2.75) is 37.9 Å². The fraction of sp³-hybridized carbons (Fsp3) is 0.316. The summed E-state index contributed by atoms with van der Waals surface area (Å²) >= 11 is 5.94. The lowest BCUT2D eigenvalue weighted by Crippen LogP contribution is -2.34. The van der Waals surface area contributed by atoms with E-state index in [4.69, 9.17) is 11.6 Å². The van der Waals surface area contributed by atoms with Gasteiger partial charge < -0.3 is 10.6 Å². The molecule has 0 bridgehead atoms. The van der Waals surface area contributed by atoms with E-state index in [0.29, 0.717) is 11.6 Å². The summed E-state index contributed by atoms with van der Waals surface area (Å²) in [7, 11) is 0. The summed E-state index contributed by atoms with van der Waals surface area (Å²) in [5.74, 6) is 0.124. The van der Waals surface area contributed by atoms with Crippen molar-refractivity contribution in [3.63, 3.8) is 0 Å². The monoisotopic (exact) mass is 326 g/mol. The summed E-state index contributed by atoms with van der Waals surface area (Å²) in [4.78, 5) is 12.7. The SMILES string of the molecule is O=C(NCc1ccc2c(c1)CNC2)C1(c2ccc(Cl)cc2)CC1. The standard InChI is InChI=1S/C19H19ClN2O/c20-17-5-3-16(4-6-17)19(7-8-19)18(23)22-10-13-1-2-14-11-21-12-15(14)9-13/h1-6,9,21H,7-8,10-12H2,(H,22,23). The van der Waals surface area contributed by atoms with Crippen molar-refractivity contribution in [3.8, 4) is 0 Å². The predicted octanol–water partition coefficient (Wildman–Crippen LogP) is 3.29. The number of amides is 1. The average Bonchev–Trinajstić information content (AvgIpc) is 3.24. The number of carbonyl (C=O) groups is 1. The van der Waals surface area contributed by atoms with Crippen molar-refractivity contribution in [1.29, 1.82) is 0 Å². The van der Waals surface area contributed by atoms with Crippen LogP contribution in [0.25, 0.3) is 0 Å². The van der Waals surface area contributed by atoms with Crippen LogP contribution in [0, 0.1) is 0 Å². The van der Waals surface area contributed by atoms with Crippen LogP contribution >= 0.6 is 11.6 Å². The quantitative estimate of drug-likeness (QED) is 0.905. The first-order chi connectivity index (χ1) is 11.2. The largest absolute Gasteiger partial charge is 0.351 e. The van der Waals surface area contributed by atoms with Gasteiger partial charge >= 0.3 is 0 Å². The maximum Gasteiger partial charge on any atom is 0.230 e. The summed E-state index contributed by atoms with van der Waals surface area (Å²) in [6, 6.07) is 14.1. The fourth-order valence-corrected chi connectivity index (χ4v) is 3.48. The van der Waals surface area contributed by atoms with Crippen molar-refractivity contribution < 1.29 is 4.79 Å². The lowest BCUT2D eigenvalue weighted by Gasteiger charge is -2.16. The fourth-order valence-electron chi connectivity index (χ4n) is 3.35. The zero-order valence-electron chi connectivity index (χ0n) is 12.9. The van der Waals surface area contributed by atoms with Crippen molar-refractivity contribution in [1.82, 2.24) is 10.6 Å². The molecule has 0 spiro atoms. The average molecular weight is 327 g/mol. The molecule has 2 aromatic rings. The van der Waals surface area contributed by atoms with E-state index in [9.17, 15) is 4.79 Å². The van der Waals surface area contributed by atoms with Crippen LogP contribution < -0.4 is 10.6 Å². The topological polar surface area (TPSA) is 41.1 Å². The first-order valence-electron chi connectivity index (χ1n) is 8.03. The molecule has 3 nitrogen and oxygen atoms in total. The summed E-state index contributed by atoms with van der Waals surface area (Å²) < 4.78 is 0. The summed E-state index contributed by atoms with van der Waals surface area (Å²) in [5.41, 5.74) is 4.59. The number of rotatable bonds is 4. The molecule has 1 aliphatic carbocycles. The van der Waals surface area contributed by atoms with Crippen LogP contribution in [0.15, 0.2) is 42.5 Å². The van der Waals surface area contributed by atoms with Gasteiger partial charge in [-0.25, -0.2) is 0 Å². The minimum absolute atomic E-state index is 0.124. The van der Waals surface area contributed by atoms with Gasteiger partial charge in [-0.05, 0) is 47.2 Å². The third-order valence-electron chi connectivity index (χ3n) is 4.94. The van der Waals surface area contributed by atoms with Crippen LogP contribution in [0.2, 0.25) is 5.02 Å². The highest BCUT2D eigenvalue weighted by Crippen LogP contribution is 2.48. The van der Waals surface area contributed by atoms with E-state index >= 15 is 0 Å². The zero-order valence-corrected chi connectivity index (χ0v) is 13.6. The molecule has 0 radical (unpaired) electrons. The van der Waals surface area contributed by atoms with Crippen LogP contribution in [-0.4, -0.2) is 5.91 Å². The summed E-state index contributed by atoms with van der Waals surface area (Å²) in [6.07, 6.45) is 1.82. The molecule has 1 fully saturated rings. The van der Waals surface area contributed by atoms with Gasteiger partial charge in [0.1, 0.15) is 0 Å². The molecule has 1 heterocycles. The molecule has 1 aliphatic heterocycles. The van der Waals surface area contributed by atoms with E-state index in [-0.39, 0.29) is 11.3 Å². The van der Waals surface area contributed by atoms with Gasteiger partial charge in [-0.2, -0.15) is 0 Å². The van der Waals surface area contributed by atoms with Gasteiger partial charge in [0.05, 0.1) is 5.41 Å². The van der Waals surface area contributed by atoms with E-state index in [1.807, 2.05) is 24.3 Å². The molecule has 4 heteroatoms. The first-order valence-corrected chi connectivity index (χ1v) is 8.41. The second kappa shape index (κ2) is 5.66. The highest BCUT2D eigenvalue weighted by molar-refractivity contribution is 6.30. The third-order valence-corrected chi connectivity index (χ3v) is 5.19. The maximum atomic E-state index is 12.7. The molecular weight excluding hydrogens is 308 g/mol. The van der Waals surface area contributed by atoms with Gasteiger partial charge in [0, 0.05) is 24.7 Å². The Morgan fingerprint density at radius 3 is 2.57 bits per heavy atom. The van der Waals surface area contributed by atoms with Crippen LogP contribution in [0.5, 0.6) is 0 Å². The summed E-state index contributed by atoms with van der Waals surface area (Å²) in [5, 5.41) is 7.16. The summed E-state index contributed by atoms with van der Waals surface area (Å²) in [6.45, 7) is 2.45. The molecule has 0 aromatic heterocycles. The van der Waals surface area contributed by atoms with Crippen LogP contribution in [0.3, 0.4) is 0 Å². The maximum absolute atomic E-state index is 12.7. The highest BCUT2D eigenvalue weighted by atomic mass is 35.5. The predicted molar refractivity (Wildman–Crippen MR) is 91.2 cm³/mol. The number of nitrogens with one attached hydrogen (secondary N) is 2. The molecule has 1 amide bonds. The molecule has 2 aromatic carbocycles. The molecule has 1 saturated carbocycles. The van der Waals surface area contributed by atoms with Gasteiger partial charge in [0.2, 0.25) is 5.91 Å². The minimum atomic E-state index is -0.344. The zero-order chi connectivity index (χ0) is 15.9. The second-order valence-electron chi connectivity index (χ2n) is 6.48. The molecule has 0 unspecified atom stereocenters. The van der Waals surface area contributed by atoms with Gasteiger partial charge in [-0.3, -0.25) is 4.79 Å². The molecule has 2 N–H and O–H groups in total. The van der Waals surface area contributed by atoms with E-state index < -0.39 is 0 Å². The minimum Gasteiger partial charge on any atom is -0.351 e. The van der Waals surface area contributed by atoms with Crippen molar-refractivity contribution in [2.24, 2.45) is 0 Å². The Balaban J connectivity index is 1.45. The number of halogens is 1. The van der Waals surface area contributed by atoms with Gasteiger partial charge in [0.15, 0.2) is 0 Å². The number of hydrogen-bond donors (Lipinski definition) is 2. The molecule has 2 aliphatic rings. The van der Waals surface area contributed by atoms with E-state index in [1.165, 1.54) is 11.1 Å². The molecule has 0 saturated heterocycles. The molecule has 0 atom stereocenters. The lowest BCUT2D eigenvalue weighted by atomic mass is 9.95. The third kappa shape index (κ3) is 2.75. The van der Waals surface area contributed by atoms with E-state index in [0.717, 1.165) is 37.1 Å². The van der Waals surface area contributed by atoms with Gasteiger partial charge in [-0.15, -0.1) is 0 Å². The second-order valence-corrected chi connectivity index (χ2v) is 6.91. The van der Waals surface area contributed by atoms with Gasteiger partial charge in [-0.1, -0.05) is 41.9 Å². The van der Waals surface area contributed by atoms with Crippen molar-refractivity contribution in [3.05, 3.63) is 69.7 Å². The number of fused-ring (bicyclic) bond motifs is 1. The smallest absolute Gasteiger partial charge is 0.230 e. The Morgan fingerprint density at radius 2 is 1.83 bits per heavy atom. The Hall–Kier alpha value is -1.84. The lowest BCUT2D eigenvalue weighted by molar-refractivity contribution is -0.123. The molecule has 118 valence electrons. The number of hydrogen-bond acceptors (Lipinski definition) is 2. The number of benzene rings is 2. The Bertz CT molecular complexity index is 750. The number of carbonyl (C=O) groups excluding carboxylic acids is 1. The molecule has 4 rings (SSSR count). The Labute approximate surface area is 141 Å². The van der Waals surface area contributed by atoms with Crippen LogP contribution in [0.4, 0.5) is 0 Å². The van der Waals surface area contributed by atoms with Crippen LogP contribution in [-0.2, 0) is 29.8 Å². The van der Waals surface area contributed by atoms with Crippen molar-refractivity contribution in [2.75, 3.05) is 0 Å². The Morgan fingerprint density at radius 1 is 1.09 bits per heavy atom. The van der Waals surface area contributed by atoms with E-state index in [1.54, 1.807) is 0 Å². The Kier molecular flexibility index (Phi) is 3.63. The molecular formula is C19H19ClN2O. The van der Waals surface area contributed by atoms with E-state index in [2.05, 4.69) is 28.8 Å². The normalized spacial score (nSPS) is 17.6. The highest BCUT2D eigenvalue weighted by Gasteiger charge is 2.51. The van der Waals surface area contributed by atoms with Crippen LogP contribution in [0.1, 0.15) is 35.1 Å². The van der Waals surface area contributed by atoms with Gasteiger partial charge in [0.25, 0.3) is 0 Å². The molecule has 23 heavy (non-hydrogen) atoms. The van der Waals surface area contributed by atoms with Crippen molar-refractivity contribution >= 4 is 17.5 Å².